The fourth-order valence-electron chi connectivity index (χ4n) is 3.49. The van der Waals surface area contributed by atoms with Crippen LogP contribution in [-0.2, 0) is 12.2 Å². The van der Waals surface area contributed by atoms with E-state index in [4.69, 9.17) is 26.1 Å². The van der Waals surface area contributed by atoms with Gasteiger partial charge in [0.2, 0.25) is 0 Å². The first kappa shape index (κ1) is 25.1. The molecule has 2 aromatic carbocycles. The third-order valence-corrected chi connectivity index (χ3v) is 6.84. The summed E-state index contributed by atoms with van der Waals surface area (Å²) in [7, 11) is 5.25. The summed E-state index contributed by atoms with van der Waals surface area (Å²) in [6.45, 7) is 0.747. The van der Waals surface area contributed by atoms with E-state index in [9.17, 15) is 4.79 Å². The maximum absolute atomic E-state index is 12.2. The van der Waals surface area contributed by atoms with Crippen LogP contribution in [0.4, 0.5) is 5.82 Å². The second-order valence-electron chi connectivity index (χ2n) is 8.43. The molecular weight excluding hydrogens is 484 g/mol. The zero-order chi connectivity index (χ0) is 24.8. The molecule has 0 atom stereocenters. The van der Waals surface area contributed by atoms with Gasteiger partial charge in [-0.15, -0.1) is 0 Å². The summed E-state index contributed by atoms with van der Waals surface area (Å²) in [5.74, 6) is 2.86. The molecule has 7 nitrogen and oxygen atoms in total. The van der Waals surface area contributed by atoms with Gasteiger partial charge in [0.05, 0.1) is 14.2 Å². The SMILES string of the molecule is COc1ccc(CCN(C)c2cc(Cl)nc(SCc3ccc(C(=O)NC4CC4)cc3)n2)cc1OC. The molecule has 0 bridgehead atoms. The van der Waals surface area contributed by atoms with Crippen LogP contribution in [0.25, 0.3) is 0 Å². The smallest absolute Gasteiger partial charge is 0.251 e. The van der Waals surface area contributed by atoms with Crippen LogP contribution in [-0.4, -0.2) is 49.7 Å². The highest BCUT2D eigenvalue weighted by Crippen LogP contribution is 2.28. The van der Waals surface area contributed by atoms with Crippen LogP contribution in [0.5, 0.6) is 11.5 Å². The first-order chi connectivity index (χ1) is 16.9. The number of hydrogen-bond acceptors (Lipinski definition) is 7. The van der Waals surface area contributed by atoms with Crippen molar-refractivity contribution in [1.82, 2.24) is 15.3 Å². The van der Waals surface area contributed by atoms with Crippen LogP contribution in [0.15, 0.2) is 53.7 Å². The van der Waals surface area contributed by atoms with E-state index in [1.807, 2.05) is 49.5 Å². The minimum atomic E-state index is -0.00867. The predicted molar refractivity (Wildman–Crippen MR) is 140 cm³/mol. The standard InChI is InChI=1S/C26H29ClN4O3S/c1-31(13-12-17-6-11-21(33-2)22(14-17)34-3)24-15-23(27)29-26(30-24)35-16-18-4-7-19(8-5-18)25(32)28-20-9-10-20/h4-8,11,14-15,20H,9-10,12-13,16H2,1-3H3,(H,28,32). The van der Waals surface area contributed by atoms with Crippen LogP contribution in [0.3, 0.4) is 0 Å². The number of halogens is 1. The Hall–Kier alpha value is -2.97. The Morgan fingerprint density at radius 1 is 1.06 bits per heavy atom. The van der Waals surface area contributed by atoms with Gasteiger partial charge in [-0.05, 0) is 54.7 Å². The molecule has 1 aliphatic rings. The summed E-state index contributed by atoms with van der Waals surface area (Å²) in [5, 5.41) is 4.02. The average Bonchev–Trinajstić information content (AvgIpc) is 3.69. The highest BCUT2D eigenvalue weighted by molar-refractivity contribution is 7.98. The second kappa shape index (κ2) is 11.6. The summed E-state index contributed by atoms with van der Waals surface area (Å²) in [5.41, 5.74) is 2.91. The van der Waals surface area contributed by atoms with Gasteiger partial charge in [0.15, 0.2) is 16.7 Å². The molecule has 35 heavy (non-hydrogen) atoms. The number of likely N-dealkylation sites (N-methyl/N-ethyl adjacent to an activating group) is 1. The van der Waals surface area contributed by atoms with Gasteiger partial charge >= 0.3 is 0 Å². The zero-order valence-electron chi connectivity index (χ0n) is 20.1. The molecule has 3 aromatic rings. The maximum atomic E-state index is 12.2. The number of rotatable bonds is 11. The summed E-state index contributed by atoms with van der Waals surface area (Å²) < 4.78 is 10.7. The number of anilines is 1. The molecule has 1 amide bonds. The van der Waals surface area contributed by atoms with Crippen molar-refractivity contribution in [3.63, 3.8) is 0 Å². The van der Waals surface area contributed by atoms with E-state index < -0.39 is 0 Å². The van der Waals surface area contributed by atoms with Crippen molar-refractivity contribution in [2.75, 3.05) is 32.7 Å². The number of aromatic nitrogens is 2. The molecule has 1 heterocycles. The monoisotopic (exact) mass is 512 g/mol. The van der Waals surface area contributed by atoms with E-state index in [1.165, 1.54) is 11.8 Å². The molecule has 0 radical (unpaired) electrons. The van der Waals surface area contributed by atoms with Crippen molar-refractivity contribution in [3.05, 3.63) is 70.4 Å². The molecule has 1 saturated carbocycles. The lowest BCUT2D eigenvalue weighted by Gasteiger charge is -2.19. The molecule has 1 aromatic heterocycles. The molecule has 0 unspecified atom stereocenters. The van der Waals surface area contributed by atoms with Crippen molar-refractivity contribution in [2.24, 2.45) is 0 Å². The van der Waals surface area contributed by atoms with Crippen LogP contribution < -0.4 is 19.7 Å². The summed E-state index contributed by atoms with van der Waals surface area (Å²) in [4.78, 5) is 23.3. The molecule has 0 aliphatic heterocycles. The van der Waals surface area contributed by atoms with Crippen molar-refractivity contribution in [1.29, 1.82) is 0 Å². The first-order valence-electron chi connectivity index (χ1n) is 11.4. The molecule has 0 spiro atoms. The second-order valence-corrected chi connectivity index (χ2v) is 9.76. The van der Waals surface area contributed by atoms with Crippen LogP contribution in [0.2, 0.25) is 5.15 Å². The van der Waals surface area contributed by atoms with E-state index >= 15 is 0 Å². The van der Waals surface area contributed by atoms with E-state index in [0.29, 0.717) is 39.2 Å². The van der Waals surface area contributed by atoms with E-state index in [2.05, 4.69) is 15.2 Å². The Labute approximate surface area is 215 Å². The molecule has 0 saturated heterocycles. The van der Waals surface area contributed by atoms with Crippen molar-refractivity contribution >= 4 is 35.1 Å². The lowest BCUT2D eigenvalue weighted by Crippen LogP contribution is -2.25. The molecule has 1 aliphatic carbocycles. The number of amides is 1. The van der Waals surface area contributed by atoms with E-state index in [0.717, 1.165) is 42.8 Å². The Kier molecular flexibility index (Phi) is 8.36. The number of thioether (sulfide) groups is 1. The number of carbonyl (C=O) groups excluding carboxylic acids is 1. The van der Waals surface area contributed by atoms with E-state index in [1.54, 1.807) is 20.3 Å². The minimum absolute atomic E-state index is 0.00867. The molecule has 1 fully saturated rings. The van der Waals surface area contributed by atoms with Gasteiger partial charge in [-0.1, -0.05) is 41.6 Å². The predicted octanol–water partition coefficient (Wildman–Crippen LogP) is 5.01. The lowest BCUT2D eigenvalue weighted by molar-refractivity contribution is 0.0951. The summed E-state index contributed by atoms with van der Waals surface area (Å²) >= 11 is 7.82. The number of benzene rings is 2. The fourth-order valence-corrected chi connectivity index (χ4v) is 4.53. The Morgan fingerprint density at radius 3 is 2.46 bits per heavy atom. The highest BCUT2D eigenvalue weighted by Gasteiger charge is 2.23. The Morgan fingerprint density at radius 2 is 1.77 bits per heavy atom. The van der Waals surface area contributed by atoms with Gasteiger partial charge in [-0.3, -0.25) is 4.79 Å². The highest BCUT2D eigenvalue weighted by atomic mass is 35.5. The normalized spacial score (nSPS) is 12.8. The number of nitrogens with zero attached hydrogens (tertiary/aromatic N) is 3. The molecule has 184 valence electrons. The van der Waals surface area contributed by atoms with Gasteiger partial charge in [-0.2, -0.15) is 0 Å². The van der Waals surface area contributed by atoms with Crippen molar-refractivity contribution in [2.45, 2.75) is 36.2 Å². The third kappa shape index (κ3) is 7.02. The number of carbonyl (C=O) groups is 1. The Bertz CT molecular complexity index is 1170. The number of hydrogen-bond donors (Lipinski definition) is 1. The van der Waals surface area contributed by atoms with Gasteiger partial charge < -0.3 is 19.7 Å². The van der Waals surface area contributed by atoms with Gasteiger partial charge in [0.1, 0.15) is 11.0 Å². The van der Waals surface area contributed by atoms with Crippen molar-refractivity contribution < 1.29 is 14.3 Å². The summed E-state index contributed by atoms with van der Waals surface area (Å²) in [6, 6.07) is 15.7. The number of nitrogens with one attached hydrogen (secondary N) is 1. The van der Waals surface area contributed by atoms with Gasteiger partial charge in [0, 0.05) is 37.0 Å². The molecular formula is C26H29ClN4O3S. The van der Waals surface area contributed by atoms with Gasteiger partial charge in [0.25, 0.3) is 5.91 Å². The number of methoxy groups -OCH3 is 2. The first-order valence-corrected chi connectivity index (χ1v) is 12.8. The number of ether oxygens (including phenoxy) is 2. The lowest BCUT2D eigenvalue weighted by atomic mass is 10.1. The van der Waals surface area contributed by atoms with Crippen molar-refractivity contribution in [3.8, 4) is 11.5 Å². The average molecular weight is 513 g/mol. The maximum Gasteiger partial charge on any atom is 0.251 e. The topological polar surface area (TPSA) is 76.6 Å². The third-order valence-electron chi connectivity index (χ3n) is 5.73. The molecule has 9 heteroatoms. The fraction of sp³-hybridized carbons (Fsp3) is 0.346. The quantitative estimate of drug-likeness (QED) is 0.220. The Balaban J connectivity index is 1.34. The molecule has 4 rings (SSSR count). The van der Waals surface area contributed by atoms with Crippen LogP contribution in [0.1, 0.15) is 34.3 Å². The van der Waals surface area contributed by atoms with Gasteiger partial charge in [-0.25, -0.2) is 9.97 Å². The zero-order valence-corrected chi connectivity index (χ0v) is 21.7. The van der Waals surface area contributed by atoms with Crippen LogP contribution in [0, 0.1) is 0 Å². The van der Waals surface area contributed by atoms with Crippen LogP contribution >= 0.6 is 23.4 Å². The largest absolute Gasteiger partial charge is 0.493 e. The van der Waals surface area contributed by atoms with E-state index in [-0.39, 0.29) is 5.91 Å². The minimum Gasteiger partial charge on any atom is -0.493 e. The molecule has 1 N–H and O–H groups in total. The summed E-state index contributed by atoms with van der Waals surface area (Å²) in [6.07, 6.45) is 2.96.